The van der Waals surface area contributed by atoms with E-state index in [2.05, 4.69) is 0 Å². The zero-order valence-corrected chi connectivity index (χ0v) is 20.9. The Hall–Kier alpha value is -3.04. The minimum Gasteiger partial charge on any atom is -0.393 e. The van der Waals surface area contributed by atoms with E-state index in [0.29, 0.717) is 29.2 Å². The smallest absolute Gasteiger partial charge is 0.284 e. The highest BCUT2D eigenvalue weighted by molar-refractivity contribution is 6.32. The van der Waals surface area contributed by atoms with Crippen molar-refractivity contribution in [3.63, 3.8) is 0 Å². The quantitative estimate of drug-likeness (QED) is 0.481. The zero-order valence-electron chi connectivity index (χ0n) is 19.4. The van der Waals surface area contributed by atoms with Crippen LogP contribution in [0, 0.1) is 0 Å². The Morgan fingerprint density at radius 2 is 1.76 bits per heavy atom. The number of halogens is 4. The Morgan fingerprint density at radius 3 is 2.46 bits per heavy atom. The first-order chi connectivity index (χ1) is 17.6. The highest BCUT2D eigenvalue weighted by Gasteiger charge is 2.56. The first-order valence-corrected chi connectivity index (χ1v) is 12.4. The van der Waals surface area contributed by atoms with Gasteiger partial charge in [0.2, 0.25) is 0 Å². The molecule has 0 aromatic heterocycles. The van der Waals surface area contributed by atoms with E-state index >= 15 is 0 Å². The highest BCUT2D eigenvalue weighted by Crippen LogP contribution is 2.47. The van der Waals surface area contributed by atoms with Crippen LogP contribution in [-0.4, -0.2) is 47.6 Å². The fourth-order valence-electron chi connectivity index (χ4n) is 4.93. The summed E-state index contributed by atoms with van der Waals surface area (Å²) < 4.78 is 29.9. The molecule has 2 amide bonds. The SMILES string of the molecule is O=C1c2cccc(Cl)c2CCN1c1ccc(C(=O)N2CCC(F)(F)[C@](O)(CO)c3cc(Cl)ccc32)cc1. The molecule has 3 aromatic carbocycles. The number of aliphatic hydroxyl groups excluding tert-OH is 1. The lowest BCUT2D eigenvalue weighted by molar-refractivity contribution is -0.205. The van der Waals surface area contributed by atoms with Crippen LogP contribution in [-0.2, 0) is 12.0 Å². The summed E-state index contributed by atoms with van der Waals surface area (Å²) in [5.41, 5.74) is -1.09. The molecule has 1 atom stereocenters. The molecule has 192 valence electrons. The van der Waals surface area contributed by atoms with Crippen molar-refractivity contribution in [1.29, 1.82) is 0 Å². The molecule has 5 rings (SSSR count). The molecule has 0 saturated carbocycles. The minimum atomic E-state index is -3.71. The van der Waals surface area contributed by atoms with Crippen LogP contribution in [0.1, 0.15) is 38.3 Å². The van der Waals surface area contributed by atoms with Gasteiger partial charge in [0, 0.05) is 51.9 Å². The Morgan fingerprint density at radius 1 is 1.03 bits per heavy atom. The monoisotopic (exact) mass is 546 g/mol. The number of carbonyl (C=O) groups is 2. The van der Waals surface area contributed by atoms with Crippen LogP contribution >= 0.6 is 23.2 Å². The fraction of sp³-hybridized carbons (Fsp3) is 0.259. The second-order valence-corrected chi connectivity index (χ2v) is 9.95. The normalized spacial score (nSPS) is 20.8. The van der Waals surface area contributed by atoms with Gasteiger partial charge in [-0.15, -0.1) is 0 Å². The standard InChI is InChI=1S/C27H22Cl2F2N2O4/c28-17-6-9-23-21(14-17)26(37,15-34)27(30,31)11-13-33(23)24(35)16-4-7-18(8-5-16)32-12-10-19-20(25(32)36)2-1-3-22(19)29/h1-9,14,34,37H,10-13,15H2/t26-/m0/s1. The number of amides is 2. The molecule has 0 saturated heterocycles. The molecular formula is C27H22Cl2F2N2O4. The number of aliphatic hydroxyl groups is 2. The molecule has 2 aliphatic heterocycles. The summed E-state index contributed by atoms with van der Waals surface area (Å²) in [5, 5.41) is 21.1. The third kappa shape index (κ3) is 4.18. The summed E-state index contributed by atoms with van der Waals surface area (Å²) in [4.78, 5) is 29.3. The fourth-order valence-corrected chi connectivity index (χ4v) is 5.37. The number of alkyl halides is 2. The summed E-state index contributed by atoms with van der Waals surface area (Å²) in [5.74, 6) is -4.49. The maximum Gasteiger partial charge on any atom is 0.284 e. The average Bonchev–Trinajstić information content (AvgIpc) is 2.97. The molecule has 0 spiro atoms. The number of nitrogens with zero attached hydrogens (tertiary/aromatic N) is 2. The summed E-state index contributed by atoms with van der Waals surface area (Å²) in [6.07, 6.45) is -0.291. The lowest BCUT2D eigenvalue weighted by Gasteiger charge is -2.33. The van der Waals surface area contributed by atoms with Crippen molar-refractivity contribution < 1.29 is 28.6 Å². The Bertz CT molecular complexity index is 1400. The van der Waals surface area contributed by atoms with Crippen LogP contribution in [0.5, 0.6) is 0 Å². The maximum absolute atomic E-state index is 15.0. The van der Waals surface area contributed by atoms with Crippen molar-refractivity contribution in [2.75, 3.05) is 29.5 Å². The van der Waals surface area contributed by atoms with E-state index in [1.807, 2.05) is 0 Å². The number of fused-ring (bicyclic) bond motifs is 2. The second-order valence-electron chi connectivity index (χ2n) is 9.11. The minimum absolute atomic E-state index is 0.0342. The van der Waals surface area contributed by atoms with Crippen molar-refractivity contribution in [2.45, 2.75) is 24.4 Å². The van der Waals surface area contributed by atoms with E-state index in [0.717, 1.165) is 16.5 Å². The number of benzene rings is 3. The van der Waals surface area contributed by atoms with Gasteiger partial charge in [-0.05, 0) is 66.6 Å². The van der Waals surface area contributed by atoms with Gasteiger partial charge in [0.1, 0.15) is 0 Å². The Labute approximate surface area is 221 Å². The molecule has 6 nitrogen and oxygen atoms in total. The van der Waals surface area contributed by atoms with Gasteiger partial charge in [-0.25, -0.2) is 8.78 Å². The number of hydrogen-bond donors (Lipinski definition) is 2. The van der Waals surface area contributed by atoms with Gasteiger partial charge < -0.3 is 20.0 Å². The van der Waals surface area contributed by atoms with Crippen LogP contribution in [0.4, 0.5) is 20.2 Å². The van der Waals surface area contributed by atoms with Crippen molar-refractivity contribution in [2.24, 2.45) is 0 Å². The van der Waals surface area contributed by atoms with Crippen molar-refractivity contribution in [3.8, 4) is 0 Å². The van der Waals surface area contributed by atoms with Gasteiger partial charge >= 0.3 is 0 Å². The van der Waals surface area contributed by atoms with Crippen LogP contribution in [0.15, 0.2) is 60.7 Å². The number of anilines is 2. The molecular weight excluding hydrogens is 525 g/mol. The van der Waals surface area contributed by atoms with Gasteiger partial charge in [-0.2, -0.15) is 0 Å². The second kappa shape index (κ2) is 9.36. The predicted molar refractivity (Wildman–Crippen MR) is 137 cm³/mol. The van der Waals surface area contributed by atoms with Crippen LogP contribution in [0.3, 0.4) is 0 Å². The van der Waals surface area contributed by atoms with E-state index in [9.17, 15) is 28.6 Å². The predicted octanol–water partition coefficient (Wildman–Crippen LogP) is 5.06. The number of carbonyl (C=O) groups excluding carboxylic acids is 2. The van der Waals surface area contributed by atoms with Crippen molar-refractivity contribution >= 4 is 46.4 Å². The summed E-state index contributed by atoms with van der Waals surface area (Å²) in [6, 6.07) is 15.4. The molecule has 0 radical (unpaired) electrons. The first kappa shape index (κ1) is 25.6. The van der Waals surface area contributed by atoms with Crippen molar-refractivity contribution in [3.05, 3.63) is 93.0 Å². The van der Waals surface area contributed by atoms with Gasteiger partial charge in [-0.1, -0.05) is 29.3 Å². The van der Waals surface area contributed by atoms with E-state index < -0.39 is 37.0 Å². The summed E-state index contributed by atoms with van der Waals surface area (Å²) >= 11 is 12.2. The molecule has 10 heteroatoms. The summed E-state index contributed by atoms with van der Waals surface area (Å²) in [7, 11) is 0. The molecule has 2 N–H and O–H groups in total. The van der Waals surface area contributed by atoms with E-state index in [1.165, 1.54) is 24.3 Å². The van der Waals surface area contributed by atoms with Crippen LogP contribution < -0.4 is 9.80 Å². The molecule has 2 heterocycles. The van der Waals surface area contributed by atoms with E-state index in [-0.39, 0.29) is 27.7 Å². The van der Waals surface area contributed by atoms with E-state index in [1.54, 1.807) is 35.2 Å². The first-order valence-electron chi connectivity index (χ1n) is 11.6. The third-order valence-electron chi connectivity index (χ3n) is 7.03. The zero-order chi connectivity index (χ0) is 26.5. The molecule has 0 bridgehead atoms. The third-order valence-corrected chi connectivity index (χ3v) is 7.62. The van der Waals surface area contributed by atoms with Gasteiger partial charge in [0.05, 0.1) is 12.3 Å². The van der Waals surface area contributed by atoms with Crippen LogP contribution in [0.25, 0.3) is 0 Å². The molecule has 3 aromatic rings. The molecule has 0 unspecified atom stereocenters. The molecule has 2 aliphatic rings. The van der Waals surface area contributed by atoms with Crippen molar-refractivity contribution in [1.82, 2.24) is 0 Å². The van der Waals surface area contributed by atoms with Gasteiger partial charge in [-0.3, -0.25) is 9.59 Å². The van der Waals surface area contributed by atoms with Gasteiger partial charge in [0.25, 0.3) is 17.7 Å². The largest absolute Gasteiger partial charge is 0.393 e. The average molecular weight is 547 g/mol. The highest BCUT2D eigenvalue weighted by atomic mass is 35.5. The molecule has 0 aliphatic carbocycles. The summed E-state index contributed by atoms with van der Waals surface area (Å²) in [6.45, 7) is -1.23. The van der Waals surface area contributed by atoms with Crippen LogP contribution in [0.2, 0.25) is 10.0 Å². The lowest BCUT2D eigenvalue weighted by Crippen LogP contribution is -2.48. The molecule has 0 fully saturated rings. The lowest BCUT2D eigenvalue weighted by atomic mass is 9.86. The van der Waals surface area contributed by atoms with Gasteiger partial charge in [0.15, 0.2) is 5.60 Å². The Kier molecular flexibility index (Phi) is 6.48. The topological polar surface area (TPSA) is 81.1 Å². The number of hydrogen-bond acceptors (Lipinski definition) is 4. The Balaban J connectivity index is 1.46. The number of rotatable bonds is 3. The molecule has 37 heavy (non-hydrogen) atoms. The maximum atomic E-state index is 15.0. The van der Waals surface area contributed by atoms with E-state index in [4.69, 9.17) is 23.2 Å².